The van der Waals surface area contributed by atoms with E-state index in [2.05, 4.69) is 61.5 Å². The fourth-order valence-electron chi connectivity index (χ4n) is 15.1. The van der Waals surface area contributed by atoms with E-state index < -0.39 is 116 Å². The molecule has 4 saturated carbocycles. The molecule has 24 atom stereocenters. The molecule has 0 spiro atoms. The summed E-state index contributed by atoms with van der Waals surface area (Å²) in [5, 5.41) is 108. The highest BCUT2D eigenvalue weighted by atomic mass is 16.8. The van der Waals surface area contributed by atoms with Gasteiger partial charge >= 0.3 is 5.97 Å². The zero-order valence-corrected chi connectivity index (χ0v) is 39.5. The minimum Gasteiger partial charge on any atom is -0.479 e. The third kappa shape index (κ3) is 7.81. The van der Waals surface area contributed by atoms with Gasteiger partial charge in [-0.1, -0.05) is 67.0 Å². The number of carboxylic acids is 1. The van der Waals surface area contributed by atoms with Crippen molar-refractivity contribution in [3.63, 3.8) is 0 Å². The van der Waals surface area contributed by atoms with Crippen molar-refractivity contribution in [2.45, 2.75) is 224 Å². The van der Waals surface area contributed by atoms with Gasteiger partial charge in [-0.15, -0.1) is 0 Å². The van der Waals surface area contributed by atoms with Crippen molar-refractivity contribution in [1.82, 2.24) is 0 Å². The van der Waals surface area contributed by atoms with Crippen molar-refractivity contribution in [2.24, 2.45) is 50.2 Å². The quantitative estimate of drug-likeness (QED) is 0.123. The molecule has 0 amide bonds. The van der Waals surface area contributed by atoms with Gasteiger partial charge in [-0.25, -0.2) is 4.79 Å². The van der Waals surface area contributed by atoms with Crippen molar-refractivity contribution in [3.05, 3.63) is 11.6 Å². The smallest absolute Gasteiger partial charge is 0.335 e. The average Bonchev–Trinajstić information content (AvgIpc) is 3.22. The number of hydrogen-bond acceptors (Lipinski definition) is 16. The lowest BCUT2D eigenvalue weighted by molar-refractivity contribution is -0.395. The Kier molecular flexibility index (Phi) is 13.2. The van der Waals surface area contributed by atoms with Crippen LogP contribution < -0.4 is 0 Å². The van der Waals surface area contributed by atoms with E-state index in [4.69, 9.17) is 28.4 Å². The molecule has 10 N–H and O–H groups in total. The van der Waals surface area contributed by atoms with Crippen LogP contribution in [-0.2, 0) is 33.2 Å². The third-order valence-corrected chi connectivity index (χ3v) is 19.4. The maximum atomic E-state index is 12.5. The first-order valence-corrected chi connectivity index (χ1v) is 24.1. The first-order valence-electron chi connectivity index (χ1n) is 24.1. The topological polar surface area (TPSA) is 275 Å². The Labute approximate surface area is 382 Å². The van der Waals surface area contributed by atoms with Gasteiger partial charge in [0.15, 0.2) is 25.0 Å². The highest BCUT2D eigenvalue weighted by molar-refractivity contribution is 5.73. The van der Waals surface area contributed by atoms with Gasteiger partial charge < -0.3 is 79.5 Å². The fraction of sp³-hybridized carbons (Fsp3) is 0.938. The maximum Gasteiger partial charge on any atom is 0.335 e. The zero-order chi connectivity index (χ0) is 47.7. The number of carbonyl (C=O) groups is 1. The van der Waals surface area contributed by atoms with Crippen LogP contribution in [0.5, 0.6) is 0 Å². The molecule has 3 saturated heterocycles. The second-order valence-corrected chi connectivity index (χ2v) is 23.8. The Balaban J connectivity index is 1.06. The van der Waals surface area contributed by atoms with Gasteiger partial charge in [-0.05, 0) is 110 Å². The molecule has 0 radical (unpaired) electrons. The van der Waals surface area contributed by atoms with Crippen LogP contribution in [0.4, 0.5) is 0 Å². The first kappa shape index (κ1) is 50.0. The Hall–Kier alpha value is -1.39. The lowest BCUT2D eigenvalue weighted by Gasteiger charge is -2.71. The standard InChI is InChI=1S/C48H78O17/c1-21-29(51)31(53)35(57)40(60-21)64-37-32(54)30(52)24(20-49)61-41(37)65-38-34(56)33(55)36(39(58)59)63-42(38)62-28-13-14-46(7)25(44(28,4)5)12-15-48(9)26(46)11-10-22-23-18-43(2,3)19-27(50)45(23,6)16-17-47(22,48)8/h10,21,23-38,40-42,49-57H,11-20H2,1-9H3,(H,58,59)/t21-,23?,24+,25?,26?,27+,28-,29-,30+,31+,32-,33-,34-,35+,36-,37+,38+,40-,41-,42+,45+,46-,47+,48+/m0/s1. The molecule has 8 aliphatic rings. The first-order chi connectivity index (χ1) is 30.2. The number of aliphatic carboxylic acids is 1. The maximum absolute atomic E-state index is 12.5. The second-order valence-electron chi connectivity index (χ2n) is 23.8. The van der Waals surface area contributed by atoms with Crippen LogP contribution in [0, 0.1) is 50.2 Å². The molecule has 65 heavy (non-hydrogen) atoms. The Bertz CT molecular complexity index is 1790. The molecule has 3 aliphatic heterocycles. The number of aliphatic hydroxyl groups is 9. The predicted octanol–water partition coefficient (Wildman–Crippen LogP) is 1.73. The largest absolute Gasteiger partial charge is 0.479 e. The summed E-state index contributed by atoms with van der Waals surface area (Å²) in [5.41, 5.74) is 0.763. The Morgan fingerprint density at radius 2 is 1.29 bits per heavy atom. The summed E-state index contributed by atoms with van der Waals surface area (Å²) in [5.74, 6) is -0.724. The summed E-state index contributed by atoms with van der Waals surface area (Å²) in [6.45, 7) is 19.3. The average molecular weight is 927 g/mol. The fourth-order valence-corrected chi connectivity index (χ4v) is 15.1. The van der Waals surface area contributed by atoms with Gasteiger partial charge in [-0.3, -0.25) is 0 Å². The highest BCUT2D eigenvalue weighted by Crippen LogP contribution is 2.76. The Morgan fingerprint density at radius 3 is 1.94 bits per heavy atom. The van der Waals surface area contributed by atoms with Gasteiger partial charge in [0.25, 0.3) is 0 Å². The molecule has 0 aromatic heterocycles. The summed E-state index contributed by atoms with van der Waals surface area (Å²) in [6, 6.07) is 0. The molecule has 0 aromatic carbocycles. The van der Waals surface area contributed by atoms with Gasteiger partial charge in [0.2, 0.25) is 0 Å². The van der Waals surface area contributed by atoms with Crippen molar-refractivity contribution in [1.29, 1.82) is 0 Å². The minimum absolute atomic E-state index is 0.00181. The summed E-state index contributed by atoms with van der Waals surface area (Å²) in [4.78, 5) is 12.5. The number of hydrogen-bond donors (Lipinski definition) is 10. The number of carboxylic acid groups (broad SMARTS) is 1. The van der Waals surface area contributed by atoms with Crippen LogP contribution in [0.15, 0.2) is 11.6 Å². The monoisotopic (exact) mass is 927 g/mol. The number of ether oxygens (including phenoxy) is 6. The van der Waals surface area contributed by atoms with E-state index in [-0.39, 0.29) is 39.1 Å². The van der Waals surface area contributed by atoms with E-state index >= 15 is 0 Å². The van der Waals surface area contributed by atoms with Gasteiger partial charge in [-0.2, -0.15) is 0 Å². The number of fused-ring (bicyclic) bond motifs is 7. The molecule has 3 heterocycles. The molecule has 5 aliphatic carbocycles. The summed E-state index contributed by atoms with van der Waals surface area (Å²) in [7, 11) is 0. The second kappa shape index (κ2) is 17.2. The molecular formula is C48H78O17. The van der Waals surface area contributed by atoms with E-state index in [1.807, 2.05) is 0 Å². The van der Waals surface area contributed by atoms with Crippen molar-refractivity contribution in [2.75, 3.05) is 6.61 Å². The van der Waals surface area contributed by atoms with Crippen LogP contribution in [0.25, 0.3) is 0 Å². The van der Waals surface area contributed by atoms with E-state index in [0.717, 1.165) is 51.4 Å². The number of allylic oxidation sites excluding steroid dienone is 2. The molecular weight excluding hydrogens is 849 g/mol. The number of aliphatic hydroxyl groups excluding tert-OH is 9. The van der Waals surface area contributed by atoms with Crippen molar-refractivity contribution < 1.29 is 84.3 Å². The minimum atomic E-state index is -2.02. The van der Waals surface area contributed by atoms with Gasteiger partial charge in [0.05, 0.1) is 24.9 Å². The summed E-state index contributed by atoms with van der Waals surface area (Å²) >= 11 is 0. The highest BCUT2D eigenvalue weighted by Gasteiger charge is 2.69. The summed E-state index contributed by atoms with van der Waals surface area (Å²) < 4.78 is 36.4. The van der Waals surface area contributed by atoms with Crippen LogP contribution >= 0.6 is 0 Å². The molecule has 3 unspecified atom stereocenters. The molecule has 17 nitrogen and oxygen atoms in total. The molecule has 372 valence electrons. The Morgan fingerprint density at radius 1 is 0.662 bits per heavy atom. The van der Waals surface area contributed by atoms with E-state index in [0.29, 0.717) is 18.3 Å². The van der Waals surface area contributed by atoms with Crippen molar-refractivity contribution >= 4 is 5.97 Å². The van der Waals surface area contributed by atoms with Crippen LogP contribution in [0.3, 0.4) is 0 Å². The zero-order valence-electron chi connectivity index (χ0n) is 39.5. The summed E-state index contributed by atoms with van der Waals surface area (Å²) in [6.07, 6.45) is -15.9. The molecule has 17 heteroatoms. The van der Waals surface area contributed by atoms with Crippen LogP contribution in [0.1, 0.15) is 120 Å². The normalized spacial score (nSPS) is 55.1. The van der Waals surface area contributed by atoms with Gasteiger partial charge in [0, 0.05) is 5.41 Å². The van der Waals surface area contributed by atoms with Crippen LogP contribution in [-0.4, -0.2) is 168 Å². The lowest BCUT2D eigenvalue weighted by atomic mass is 9.33. The van der Waals surface area contributed by atoms with Crippen molar-refractivity contribution in [3.8, 4) is 0 Å². The molecule has 0 bridgehead atoms. The lowest BCUT2D eigenvalue weighted by Crippen LogP contribution is -2.68. The third-order valence-electron chi connectivity index (χ3n) is 19.4. The SMILES string of the molecule is C[C@@H]1O[C@@H](O[C@H]2[C@H](O[C@H]3[C@H](O[C@H]4CC[C@@]5(C)C(CC[C@]6(C)C5CC=C5C7CC(C)(C)C[C@@H](O)[C@]7(C)CC[C@]56C)C4(C)C)O[C@H](C(=O)O)[C@@H](O)[C@@H]3O)O[C@H](CO)[C@@H](O)[C@@H]2O)[C@H](O)[C@H](O)[C@H]1O. The van der Waals surface area contributed by atoms with E-state index in [1.54, 1.807) is 5.57 Å². The molecule has 8 rings (SSSR count). The van der Waals surface area contributed by atoms with Crippen LogP contribution in [0.2, 0.25) is 0 Å². The van der Waals surface area contributed by atoms with Gasteiger partial charge in [0.1, 0.15) is 61.0 Å². The molecule has 7 fully saturated rings. The predicted molar refractivity (Wildman–Crippen MR) is 229 cm³/mol. The van der Waals surface area contributed by atoms with E-state index in [1.165, 1.54) is 6.92 Å². The number of rotatable bonds is 8. The van der Waals surface area contributed by atoms with E-state index in [9.17, 15) is 55.9 Å². The molecule has 0 aromatic rings.